The Morgan fingerprint density at radius 1 is 1.71 bits per heavy atom. The van der Waals surface area contributed by atoms with Gasteiger partial charge in [0, 0.05) is 13.1 Å². The van der Waals surface area contributed by atoms with E-state index in [9.17, 15) is 9.90 Å². The van der Waals surface area contributed by atoms with Crippen molar-refractivity contribution in [1.29, 1.82) is 0 Å². The summed E-state index contributed by atoms with van der Waals surface area (Å²) < 4.78 is 4.66. The molecule has 0 saturated carbocycles. The number of β-amino-alcohol motifs (C(OH)–C–C–N with tert-alkyl or cyclic N) is 1. The van der Waals surface area contributed by atoms with Gasteiger partial charge in [0.2, 0.25) is 0 Å². The quantitative estimate of drug-likeness (QED) is 0.774. The van der Waals surface area contributed by atoms with Crippen LogP contribution in [0.1, 0.15) is 22.5 Å². The average Bonchev–Trinajstić information content (AvgIpc) is 2.70. The zero-order valence-electron chi connectivity index (χ0n) is 9.68. The summed E-state index contributed by atoms with van der Waals surface area (Å²) in [6.45, 7) is 1.48. The van der Waals surface area contributed by atoms with Crippen LogP contribution in [-0.2, 0) is 4.74 Å². The van der Waals surface area contributed by atoms with Gasteiger partial charge in [0.25, 0.3) is 0 Å². The minimum atomic E-state index is -0.406. The number of carbonyl (C=O) groups is 1. The number of anilines is 2. The van der Waals surface area contributed by atoms with E-state index in [1.165, 1.54) is 18.4 Å². The second-order valence-electron chi connectivity index (χ2n) is 4.10. The standard InChI is InChI=1S/C11H16N2O3S/c1-16-11(15)10-8(12)5-9(17-10)13-4-2-3-7(14)6-13/h5,7,14H,2-4,6,12H2,1H3. The number of hydrogen-bond acceptors (Lipinski definition) is 6. The van der Waals surface area contributed by atoms with Gasteiger partial charge in [-0.1, -0.05) is 0 Å². The molecule has 0 amide bonds. The molecule has 0 aromatic carbocycles. The van der Waals surface area contributed by atoms with E-state index in [1.807, 2.05) is 0 Å². The molecule has 1 aromatic heterocycles. The van der Waals surface area contributed by atoms with E-state index in [4.69, 9.17) is 5.73 Å². The van der Waals surface area contributed by atoms with E-state index in [1.54, 1.807) is 6.07 Å². The maximum absolute atomic E-state index is 11.4. The van der Waals surface area contributed by atoms with Crippen molar-refractivity contribution < 1.29 is 14.6 Å². The summed E-state index contributed by atoms with van der Waals surface area (Å²) in [5.41, 5.74) is 6.22. The highest BCUT2D eigenvalue weighted by Crippen LogP contribution is 2.34. The fourth-order valence-electron chi connectivity index (χ4n) is 1.95. The van der Waals surface area contributed by atoms with Gasteiger partial charge in [-0.25, -0.2) is 4.79 Å². The molecular formula is C11H16N2O3S. The number of aliphatic hydroxyl groups is 1. The summed E-state index contributed by atoms with van der Waals surface area (Å²) in [6, 6.07) is 1.77. The van der Waals surface area contributed by atoms with Crippen LogP contribution in [0.4, 0.5) is 10.7 Å². The smallest absolute Gasteiger partial charge is 0.350 e. The third-order valence-electron chi connectivity index (χ3n) is 2.83. The molecule has 1 aliphatic rings. The van der Waals surface area contributed by atoms with Crippen molar-refractivity contribution in [2.45, 2.75) is 18.9 Å². The summed E-state index contributed by atoms with van der Waals surface area (Å²) in [5.74, 6) is -0.406. The number of piperidine rings is 1. The summed E-state index contributed by atoms with van der Waals surface area (Å²) in [4.78, 5) is 13.9. The lowest BCUT2D eigenvalue weighted by atomic mass is 10.1. The molecule has 1 unspecified atom stereocenters. The van der Waals surface area contributed by atoms with Gasteiger partial charge >= 0.3 is 5.97 Å². The number of esters is 1. The van der Waals surface area contributed by atoms with Crippen molar-refractivity contribution >= 4 is 28.0 Å². The van der Waals surface area contributed by atoms with E-state index >= 15 is 0 Å². The molecule has 2 heterocycles. The molecular weight excluding hydrogens is 240 g/mol. The van der Waals surface area contributed by atoms with Gasteiger partial charge in [-0.2, -0.15) is 0 Å². The van der Waals surface area contributed by atoms with Crippen LogP contribution in [0.5, 0.6) is 0 Å². The van der Waals surface area contributed by atoms with E-state index in [-0.39, 0.29) is 6.10 Å². The lowest BCUT2D eigenvalue weighted by molar-refractivity contribution is 0.0607. The number of thiophene rings is 1. The molecule has 2 rings (SSSR count). The second kappa shape index (κ2) is 4.93. The molecule has 1 fully saturated rings. The fourth-order valence-corrected chi connectivity index (χ4v) is 2.99. The first-order chi connectivity index (χ1) is 8.11. The van der Waals surface area contributed by atoms with Crippen molar-refractivity contribution in [3.8, 4) is 0 Å². The largest absolute Gasteiger partial charge is 0.465 e. The molecule has 0 spiro atoms. The van der Waals surface area contributed by atoms with Gasteiger partial charge in [0.15, 0.2) is 0 Å². The molecule has 0 radical (unpaired) electrons. The number of nitrogens with zero attached hydrogens (tertiary/aromatic N) is 1. The number of carbonyl (C=O) groups excluding carboxylic acids is 1. The Kier molecular flexibility index (Phi) is 3.54. The third kappa shape index (κ3) is 2.53. The van der Waals surface area contributed by atoms with Crippen LogP contribution in [0.25, 0.3) is 0 Å². The van der Waals surface area contributed by atoms with Crippen LogP contribution < -0.4 is 10.6 Å². The maximum atomic E-state index is 11.4. The summed E-state index contributed by atoms with van der Waals surface area (Å²) in [5, 5.41) is 10.5. The first kappa shape index (κ1) is 12.2. The first-order valence-corrected chi connectivity index (χ1v) is 6.34. The topological polar surface area (TPSA) is 75.8 Å². The van der Waals surface area contributed by atoms with Crippen molar-refractivity contribution in [3.05, 3.63) is 10.9 Å². The Balaban J connectivity index is 2.19. The minimum Gasteiger partial charge on any atom is -0.465 e. The molecule has 0 aliphatic carbocycles. The Hall–Kier alpha value is -1.27. The molecule has 1 saturated heterocycles. The van der Waals surface area contributed by atoms with Crippen molar-refractivity contribution in [3.63, 3.8) is 0 Å². The lowest BCUT2D eigenvalue weighted by Gasteiger charge is -2.30. The summed E-state index contributed by atoms with van der Waals surface area (Å²) in [6.07, 6.45) is 1.49. The van der Waals surface area contributed by atoms with Crippen LogP contribution in [0.3, 0.4) is 0 Å². The number of methoxy groups -OCH3 is 1. The fraction of sp³-hybridized carbons (Fsp3) is 0.545. The Morgan fingerprint density at radius 2 is 2.47 bits per heavy atom. The van der Waals surface area contributed by atoms with Gasteiger partial charge in [0.1, 0.15) is 4.88 Å². The molecule has 94 valence electrons. The van der Waals surface area contributed by atoms with Gasteiger partial charge in [-0.15, -0.1) is 11.3 Å². The van der Waals surface area contributed by atoms with Crippen LogP contribution >= 0.6 is 11.3 Å². The number of nitrogens with two attached hydrogens (primary N) is 1. The molecule has 1 aromatic rings. The highest BCUT2D eigenvalue weighted by Gasteiger charge is 2.22. The van der Waals surface area contributed by atoms with Gasteiger partial charge in [-0.3, -0.25) is 0 Å². The zero-order chi connectivity index (χ0) is 12.4. The van der Waals surface area contributed by atoms with Crippen LogP contribution in [-0.4, -0.2) is 37.4 Å². The molecule has 5 nitrogen and oxygen atoms in total. The average molecular weight is 256 g/mol. The highest BCUT2D eigenvalue weighted by molar-refractivity contribution is 7.18. The van der Waals surface area contributed by atoms with E-state index in [0.717, 1.165) is 24.4 Å². The normalized spacial score (nSPS) is 20.4. The summed E-state index contributed by atoms with van der Waals surface area (Å²) in [7, 11) is 1.34. The van der Waals surface area contributed by atoms with Gasteiger partial charge < -0.3 is 20.5 Å². The minimum absolute atomic E-state index is 0.298. The Bertz CT molecular complexity index is 419. The number of aliphatic hydroxyl groups excluding tert-OH is 1. The summed E-state index contributed by atoms with van der Waals surface area (Å²) >= 11 is 1.32. The predicted octanol–water partition coefficient (Wildman–Crippen LogP) is 1.08. The first-order valence-electron chi connectivity index (χ1n) is 5.52. The molecule has 1 atom stereocenters. The third-order valence-corrected chi connectivity index (χ3v) is 4.02. The Labute approximate surface area is 104 Å². The number of nitrogen functional groups attached to an aromatic ring is 1. The molecule has 0 bridgehead atoms. The second-order valence-corrected chi connectivity index (χ2v) is 5.13. The van der Waals surface area contributed by atoms with Crippen LogP contribution in [0.2, 0.25) is 0 Å². The number of hydrogen-bond donors (Lipinski definition) is 2. The molecule has 6 heteroatoms. The SMILES string of the molecule is COC(=O)c1sc(N2CCCC(O)C2)cc1N. The van der Waals surface area contributed by atoms with Crippen molar-refractivity contribution in [2.24, 2.45) is 0 Å². The van der Waals surface area contributed by atoms with Crippen molar-refractivity contribution in [2.75, 3.05) is 30.8 Å². The monoisotopic (exact) mass is 256 g/mol. The number of ether oxygens (including phenoxy) is 1. The predicted molar refractivity (Wildman–Crippen MR) is 67.5 cm³/mol. The van der Waals surface area contributed by atoms with E-state index in [2.05, 4.69) is 9.64 Å². The lowest BCUT2D eigenvalue weighted by Crippen LogP contribution is -2.37. The maximum Gasteiger partial charge on any atom is 0.350 e. The molecule has 3 N–H and O–H groups in total. The van der Waals surface area contributed by atoms with E-state index in [0.29, 0.717) is 17.1 Å². The van der Waals surface area contributed by atoms with Gasteiger partial charge in [-0.05, 0) is 18.9 Å². The zero-order valence-corrected chi connectivity index (χ0v) is 10.5. The Morgan fingerprint density at radius 3 is 3.12 bits per heavy atom. The van der Waals surface area contributed by atoms with Crippen LogP contribution in [0.15, 0.2) is 6.07 Å². The van der Waals surface area contributed by atoms with Crippen molar-refractivity contribution in [1.82, 2.24) is 0 Å². The van der Waals surface area contributed by atoms with E-state index < -0.39 is 5.97 Å². The molecule has 17 heavy (non-hydrogen) atoms. The van der Waals surface area contributed by atoms with Crippen LogP contribution in [0, 0.1) is 0 Å². The highest BCUT2D eigenvalue weighted by atomic mass is 32.1. The molecule has 1 aliphatic heterocycles. The number of rotatable bonds is 2. The van der Waals surface area contributed by atoms with Gasteiger partial charge in [0.05, 0.1) is 23.9 Å².